The van der Waals surface area contributed by atoms with Gasteiger partial charge < -0.3 is 11.1 Å². The monoisotopic (exact) mass is 330 g/mol. The van der Waals surface area contributed by atoms with E-state index in [4.69, 9.17) is 5.73 Å². The van der Waals surface area contributed by atoms with Gasteiger partial charge in [-0.25, -0.2) is 0 Å². The second-order valence-corrected chi connectivity index (χ2v) is 6.57. The first kappa shape index (κ1) is 13.7. The summed E-state index contributed by atoms with van der Waals surface area (Å²) in [6.45, 7) is 2.73. The van der Waals surface area contributed by atoms with Crippen LogP contribution in [0.25, 0.3) is 0 Å². The number of hydrogen-bond donors (Lipinski definition) is 2. The van der Waals surface area contributed by atoms with Gasteiger partial charge in [0, 0.05) is 16.7 Å². The van der Waals surface area contributed by atoms with Crippen LogP contribution < -0.4 is 11.1 Å². The van der Waals surface area contributed by atoms with Crippen LogP contribution in [-0.4, -0.2) is 12.1 Å². The molecule has 0 saturated carbocycles. The van der Waals surface area contributed by atoms with Gasteiger partial charge in [0.05, 0.1) is 5.54 Å². The molecule has 0 saturated heterocycles. The van der Waals surface area contributed by atoms with Crippen LogP contribution in [0.15, 0.2) is 46.9 Å². The van der Waals surface area contributed by atoms with Crippen molar-refractivity contribution in [3.05, 3.63) is 63.6 Å². The van der Waals surface area contributed by atoms with Crippen molar-refractivity contribution in [3.63, 3.8) is 0 Å². The maximum atomic E-state index is 6.11. The summed E-state index contributed by atoms with van der Waals surface area (Å²) in [5.41, 5.74) is 11.2. The van der Waals surface area contributed by atoms with Crippen LogP contribution in [0, 0.1) is 6.92 Å². The van der Waals surface area contributed by atoms with Crippen LogP contribution in [-0.2, 0) is 12.8 Å². The molecule has 0 fully saturated rings. The molecule has 2 aromatic carbocycles. The molecule has 0 heterocycles. The molecule has 2 aromatic rings. The van der Waals surface area contributed by atoms with Crippen LogP contribution >= 0.6 is 15.9 Å². The minimum atomic E-state index is -0.0694. The largest absolute Gasteiger partial charge is 0.377 e. The van der Waals surface area contributed by atoms with E-state index in [1.165, 1.54) is 16.7 Å². The molecule has 2 nitrogen and oxygen atoms in total. The number of aryl methyl sites for hydroxylation is 1. The molecule has 1 aliphatic rings. The minimum absolute atomic E-state index is 0.0694. The molecule has 0 bridgehead atoms. The van der Waals surface area contributed by atoms with Gasteiger partial charge in [-0.3, -0.25) is 0 Å². The number of hydrogen-bond acceptors (Lipinski definition) is 2. The normalized spacial score (nSPS) is 15.9. The molecule has 0 atom stereocenters. The Morgan fingerprint density at radius 3 is 2.40 bits per heavy atom. The Bertz CT molecular complexity index is 612. The second-order valence-electron chi connectivity index (χ2n) is 5.72. The van der Waals surface area contributed by atoms with Gasteiger partial charge in [-0.1, -0.05) is 30.3 Å². The number of benzene rings is 2. The summed E-state index contributed by atoms with van der Waals surface area (Å²) in [6.07, 6.45) is 1.97. The molecule has 3 rings (SSSR count). The third-order valence-corrected chi connectivity index (χ3v) is 4.78. The SMILES string of the molecule is Cc1ccc(Br)c(NC2(CN)Cc3ccccc3C2)c1. The predicted molar refractivity (Wildman–Crippen MR) is 88.1 cm³/mol. The van der Waals surface area contributed by atoms with E-state index in [1.54, 1.807) is 0 Å². The fourth-order valence-corrected chi connectivity index (χ4v) is 3.34. The summed E-state index contributed by atoms with van der Waals surface area (Å²) in [4.78, 5) is 0. The molecular weight excluding hydrogens is 312 g/mol. The van der Waals surface area contributed by atoms with E-state index in [9.17, 15) is 0 Å². The molecule has 104 valence electrons. The van der Waals surface area contributed by atoms with E-state index in [-0.39, 0.29) is 5.54 Å². The van der Waals surface area contributed by atoms with Gasteiger partial charge in [0.1, 0.15) is 0 Å². The number of rotatable bonds is 3. The Balaban J connectivity index is 1.91. The van der Waals surface area contributed by atoms with Gasteiger partial charge >= 0.3 is 0 Å². The van der Waals surface area contributed by atoms with Crippen molar-refractivity contribution in [1.82, 2.24) is 0 Å². The zero-order valence-corrected chi connectivity index (χ0v) is 13.2. The second kappa shape index (κ2) is 5.23. The van der Waals surface area contributed by atoms with Crippen molar-refractivity contribution >= 4 is 21.6 Å². The van der Waals surface area contributed by atoms with Crippen molar-refractivity contribution < 1.29 is 0 Å². The highest BCUT2D eigenvalue weighted by Crippen LogP contribution is 2.34. The summed E-state index contributed by atoms with van der Waals surface area (Å²) in [5.74, 6) is 0. The summed E-state index contributed by atoms with van der Waals surface area (Å²) in [5, 5.41) is 3.69. The van der Waals surface area contributed by atoms with E-state index in [0.717, 1.165) is 23.0 Å². The average Bonchev–Trinajstić information content (AvgIpc) is 2.81. The third-order valence-electron chi connectivity index (χ3n) is 4.09. The van der Waals surface area contributed by atoms with E-state index < -0.39 is 0 Å². The van der Waals surface area contributed by atoms with Gasteiger partial charge in [0.25, 0.3) is 0 Å². The number of halogens is 1. The number of anilines is 1. The smallest absolute Gasteiger partial charge is 0.0576 e. The molecule has 3 heteroatoms. The molecule has 0 aromatic heterocycles. The Labute approximate surface area is 128 Å². The average molecular weight is 331 g/mol. The highest BCUT2D eigenvalue weighted by atomic mass is 79.9. The van der Waals surface area contributed by atoms with Crippen LogP contribution in [0.5, 0.6) is 0 Å². The Hall–Kier alpha value is -1.32. The van der Waals surface area contributed by atoms with Gasteiger partial charge in [-0.15, -0.1) is 0 Å². The Morgan fingerprint density at radius 1 is 1.15 bits per heavy atom. The summed E-state index contributed by atoms with van der Waals surface area (Å²) in [7, 11) is 0. The van der Waals surface area contributed by atoms with E-state index in [2.05, 4.69) is 70.6 Å². The van der Waals surface area contributed by atoms with Crippen molar-refractivity contribution in [2.45, 2.75) is 25.3 Å². The number of fused-ring (bicyclic) bond motifs is 1. The molecule has 20 heavy (non-hydrogen) atoms. The van der Waals surface area contributed by atoms with Gasteiger partial charge in [-0.05, 0) is 64.5 Å². The molecule has 3 N–H and O–H groups in total. The van der Waals surface area contributed by atoms with Gasteiger partial charge in [0.15, 0.2) is 0 Å². The topological polar surface area (TPSA) is 38.0 Å². The van der Waals surface area contributed by atoms with Crippen molar-refractivity contribution in [1.29, 1.82) is 0 Å². The van der Waals surface area contributed by atoms with Crippen LogP contribution in [0.1, 0.15) is 16.7 Å². The zero-order chi connectivity index (χ0) is 14.2. The maximum Gasteiger partial charge on any atom is 0.0576 e. The number of nitrogens with two attached hydrogens (primary N) is 1. The Kier molecular flexibility index (Phi) is 3.57. The lowest BCUT2D eigenvalue weighted by molar-refractivity contribution is 0.504. The van der Waals surface area contributed by atoms with Crippen LogP contribution in [0.2, 0.25) is 0 Å². The minimum Gasteiger partial charge on any atom is -0.377 e. The number of nitrogens with one attached hydrogen (secondary N) is 1. The lowest BCUT2D eigenvalue weighted by atomic mass is 9.95. The van der Waals surface area contributed by atoms with E-state index in [1.807, 2.05) is 0 Å². The van der Waals surface area contributed by atoms with E-state index in [0.29, 0.717) is 6.54 Å². The summed E-state index contributed by atoms with van der Waals surface area (Å²) >= 11 is 3.62. The molecule has 0 aliphatic heterocycles. The first-order valence-electron chi connectivity index (χ1n) is 6.93. The molecule has 0 unspecified atom stereocenters. The molecule has 0 amide bonds. The van der Waals surface area contributed by atoms with Crippen molar-refractivity contribution in [3.8, 4) is 0 Å². The van der Waals surface area contributed by atoms with Gasteiger partial charge in [0.2, 0.25) is 0 Å². The predicted octanol–water partition coefficient (Wildman–Crippen LogP) is 3.67. The third kappa shape index (κ3) is 2.48. The van der Waals surface area contributed by atoms with E-state index >= 15 is 0 Å². The van der Waals surface area contributed by atoms with Gasteiger partial charge in [-0.2, -0.15) is 0 Å². The van der Waals surface area contributed by atoms with Crippen LogP contribution in [0.3, 0.4) is 0 Å². The van der Waals surface area contributed by atoms with Crippen molar-refractivity contribution in [2.24, 2.45) is 5.73 Å². The molecular formula is C17H19BrN2. The van der Waals surface area contributed by atoms with Crippen molar-refractivity contribution in [2.75, 3.05) is 11.9 Å². The fourth-order valence-electron chi connectivity index (χ4n) is 3.00. The highest BCUT2D eigenvalue weighted by molar-refractivity contribution is 9.10. The maximum absolute atomic E-state index is 6.11. The lowest BCUT2D eigenvalue weighted by Crippen LogP contribution is -2.46. The lowest BCUT2D eigenvalue weighted by Gasteiger charge is -2.31. The standard InChI is InChI=1S/C17H19BrN2/c1-12-6-7-15(18)16(8-12)20-17(11-19)9-13-4-2-3-5-14(13)10-17/h2-8,20H,9-11,19H2,1H3. The quantitative estimate of drug-likeness (QED) is 0.901. The fraction of sp³-hybridized carbons (Fsp3) is 0.294. The Morgan fingerprint density at radius 2 is 1.80 bits per heavy atom. The summed E-state index contributed by atoms with van der Waals surface area (Å²) < 4.78 is 1.09. The molecule has 1 aliphatic carbocycles. The van der Waals surface area contributed by atoms with Crippen LogP contribution in [0.4, 0.5) is 5.69 Å². The molecule has 0 radical (unpaired) electrons. The zero-order valence-electron chi connectivity index (χ0n) is 11.6. The molecule has 0 spiro atoms. The highest BCUT2D eigenvalue weighted by Gasteiger charge is 2.36. The first-order valence-corrected chi connectivity index (χ1v) is 7.72. The summed E-state index contributed by atoms with van der Waals surface area (Å²) in [6, 6.07) is 15.0. The first-order chi connectivity index (χ1) is 9.62.